The average molecular weight is 643 g/mol. The van der Waals surface area contributed by atoms with E-state index in [1.165, 1.54) is 0 Å². The molecule has 2 aliphatic heterocycles. The van der Waals surface area contributed by atoms with Gasteiger partial charge in [-0.15, -0.1) is 0 Å². The highest BCUT2D eigenvalue weighted by Gasteiger charge is 2.34. The molecule has 4 aromatic rings. The van der Waals surface area contributed by atoms with E-state index in [0.717, 1.165) is 53.7 Å². The van der Waals surface area contributed by atoms with E-state index in [2.05, 4.69) is 15.2 Å². The van der Waals surface area contributed by atoms with Crippen molar-refractivity contribution in [3.05, 3.63) is 100.0 Å². The number of piperidine rings is 1. The summed E-state index contributed by atoms with van der Waals surface area (Å²) in [5, 5.41) is 21.3. The molecule has 0 saturated carbocycles. The van der Waals surface area contributed by atoms with Crippen molar-refractivity contribution in [3.8, 4) is 0 Å². The maximum Gasteiger partial charge on any atom is 0.326 e. The van der Waals surface area contributed by atoms with Crippen LogP contribution in [-0.2, 0) is 25.7 Å². The van der Waals surface area contributed by atoms with Gasteiger partial charge in [0.25, 0.3) is 0 Å². The number of amides is 1. The molecule has 2 saturated heterocycles. The number of unbranched alkanes of at least 4 members (excludes halogenated alkanes) is 1. The summed E-state index contributed by atoms with van der Waals surface area (Å²) in [5.41, 5.74) is 4.98. The van der Waals surface area contributed by atoms with Crippen LogP contribution in [-0.4, -0.2) is 62.3 Å². The Hall–Kier alpha value is -4.29. The van der Waals surface area contributed by atoms with Crippen LogP contribution >= 0.6 is 0 Å². The summed E-state index contributed by atoms with van der Waals surface area (Å²) in [6.07, 6.45) is 2.60. The molecule has 4 N–H and O–H groups in total. The highest BCUT2D eigenvalue weighted by molar-refractivity contribution is 5.90. The van der Waals surface area contributed by atoms with Gasteiger partial charge in [0.1, 0.15) is 0 Å². The molecule has 1 amide bonds. The van der Waals surface area contributed by atoms with Crippen molar-refractivity contribution in [1.82, 2.24) is 14.5 Å². The lowest BCUT2D eigenvalue weighted by Gasteiger charge is -2.40. The molecule has 11 heteroatoms. The SMILES string of the molecule is O=C(O)CCCCC(=O)Nc1cccc(C2OC(CN3CCC(n4c(=O)[nH]c5ccccc54)CC3)CC(c3ccc(CO)cc3)O2)c1. The smallest absolute Gasteiger partial charge is 0.326 e. The first-order valence-electron chi connectivity index (χ1n) is 16.4. The Balaban J connectivity index is 1.13. The second-order valence-electron chi connectivity index (χ2n) is 12.5. The number of carbonyl (C=O) groups is 2. The number of aromatic amines is 1. The van der Waals surface area contributed by atoms with Gasteiger partial charge in [0.05, 0.1) is 29.8 Å². The van der Waals surface area contributed by atoms with E-state index in [1.54, 1.807) is 0 Å². The second kappa shape index (κ2) is 15.1. The standard InChI is InChI=1S/C36H42N4O7/c41-23-24-12-14-25(15-13-24)32-21-29(22-39-18-16-28(17-19-39)40-31-9-2-1-8-30(31)38-36(40)45)46-35(47-32)26-6-5-7-27(20-26)37-33(42)10-3-4-11-34(43)44/h1-2,5-9,12-15,20,28-29,32,35,41H,3-4,10-11,16-19,21-23H2,(H,37,42)(H,38,45)(H,43,44). The molecular formula is C36H42N4O7. The first kappa shape index (κ1) is 32.6. The van der Waals surface area contributed by atoms with E-state index in [0.29, 0.717) is 31.5 Å². The number of fused-ring (bicyclic) bond motifs is 1. The monoisotopic (exact) mass is 642 g/mol. The van der Waals surface area contributed by atoms with Crippen molar-refractivity contribution >= 4 is 28.6 Å². The van der Waals surface area contributed by atoms with Gasteiger partial charge in [0.2, 0.25) is 5.91 Å². The van der Waals surface area contributed by atoms with Gasteiger partial charge in [-0.2, -0.15) is 0 Å². The van der Waals surface area contributed by atoms with E-state index in [9.17, 15) is 19.5 Å². The Labute approximate surface area is 273 Å². The third-order valence-corrected chi connectivity index (χ3v) is 9.11. The summed E-state index contributed by atoms with van der Waals surface area (Å²) in [5.74, 6) is -1.03. The quantitative estimate of drug-likeness (QED) is 0.153. The van der Waals surface area contributed by atoms with Gasteiger partial charge in [-0.05, 0) is 61.1 Å². The highest BCUT2D eigenvalue weighted by Crippen LogP contribution is 2.39. The summed E-state index contributed by atoms with van der Waals surface area (Å²) >= 11 is 0. The zero-order valence-electron chi connectivity index (χ0n) is 26.3. The van der Waals surface area contributed by atoms with E-state index in [-0.39, 0.29) is 49.3 Å². The summed E-state index contributed by atoms with van der Waals surface area (Å²) < 4.78 is 15.0. The number of likely N-dealkylation sites (tertiary alicyclic amines) is 1. The summed E-state index contributed by atoms with van der Waals surface area (Å²) in [6, 6.07) is 23.2. The number of aliphatic hydroxyl groups is 1. The van der Waals surface area contributed by atoms with Crippen molar-refractivity contribution < 1.29 is 29.3 Å². The van der Waals surface area contributed by atoms with Crippen LogP contribution in [0.4, 0.5) is 5.69 Å². The Morgan fingerprint density at radius 1 is 0.915 bits per heavy atom. The number of para-hydroxylation sites is 2. The van der Waals surface area contributed by atoms with Gasteiger partial charge in [-0.1, -0.05) is 48.5 Å². The van der Waals surface area contributed by atoms with Gasteiger partial charge in [-0.25, -0.2) is 4.79 Å². The molecule has 3 unspecified atom stereocenters. The summed E-state index contributed by atoms with van der Waals surface area (Å²) in [7, 11) is 0. The average Bonchev–Trinajstić information content (AvgIpc) is 3.42. The van der Waals surface area contributed by atoms with E-state index >= 15 is 0 Å². The largest absolute Gasteiger partial charge is 0.481 e. The van der Waals surface area contributed by atoms with Crippen LogP contribution in [0.2, 0.25) is 0 Å². The Bertz CT molecular complexity index is 1730. The van der Waals surface area contributed by atoms with Gasteiger partial charge in [0.15, 0.2) is 6.29 Å². The maximum absolute atomic E-state index is 12.8. The van der Waals surface area contributed by atoms with Gasteiger partial charge in [0, 0.05) is 56.2 Å². The highest BCUT2D eigenvalue weighted by atomic mass is 16.7. The van der Waals surface area contributed by atoms with Crippen LogP contribution in [0, 0.1) is 0 Å². The predicted molar refractivity (Wildman–Crippen MR) is 177 cm³/mol. The number of anilines is 1. The molecule has 6 rings (SSSR count). The third kappa shape index (κ3) is 8.17. The number of nitrogens with zero attached hydrogens (tertiary/aromatic N) is 2. The number of benzene rings is 3. The Kier molecular flexibility index (Phi) is 10.5. The molecule has 0 spiro atoms. The predicted octanol–water partition coefficient (Wildman–Crippen LogP) is 5.29. The number of carboxylic acid groups (broad SMARTS) is 1. The van der Waals surface area contributed by atoms with Crippen LogP contribution in [0.25, 0.3) is 11.0 Å². The second-order valence-corrected chi connectivity index (χ2v) is 12.5. The molecule has 47 heavy (non-hydrogen) atoms. The Morgan fingerprint density at radius 2 is 1.68 bits per heavy atom. The number of aliphatic carboxylic acids is 1. The Morgan fingerprint density at radius 3 is 2.45 bits per heavy atom. The minimum absolute atomic E-state index is 0.0289. The number of hydrogen-bond acceptors (Lipinski definition) is 7. The minimum atomic E-state index is -0.863. The fourth-order valence-corrected chi connectivity index (χ4v) is 6.67. The lowest BCUT2D eigenvalue weighted by Crippen LogP contribution is -2.43. The number of ether oxygens (including phenoxy) is 2. The molecule has 2 aliphatic rings. The lowest BCUT2D eigenvalue weighted by atomic mass is 9.98. The molecule has 0 bridgehead atoms. The number of H-pyrrole nitrogens is 1. The molecule has 0 aliphatic carbocycles. The summed E-state index contributed by atoms with van der Waals surface area (Å²) in [4.78, 5) is 41.4. The number of carbonyl (C=O) groups excluding carboxylic acids is 1. The molecule has 11 nitrogen and oxygen atoms in total. The van der Waals surface area contributed by atoms with Crippen molar-refractivity contribution in [2.24, 2.45) is 0 Å². The number of aromatic nitrogens is 2. The first-order valence-corrected chi connectivity index (χ1v) is 16.4. The first-order chi connectivity index (χ1) is 22.9. The number of rotatable bonds is 12. The van der Waals surface area contributed by atoms with Gasteiger partial charge >= 0.3 is 11.7 Å². The molecule has 0 radical (unpaired) electrons. The third-order valence-electron chi connectivity index (χ3n) is 9.11. The minimum Gasteiger partial charge on any atom is -0.481 e. The van der Waals surface area contributed by atoms with E-state index < -0.39 is 12.3 Å². The molecular weight excluding hydrogens is 600 g/mol. The number of carboxylic acids is 1. The topological polar surface area (TPSA) is 146 Å². The fourth-order valence-electron chi connectivity index (χ4n) is 6.67. The van der Waals surface area contributed by atoms with Crippen LogP contribution in [0.5, 0.6) is 0 Å². The van der Waals surface area contributed by atoms with Crippen molar-refractivity contribution in [1.29, 1.82) is 0 Å². The number of imidazole rings is 1. The normalized spacial score (nSPS) is 20.7. The molecule has 1 aromatic heterocycles. The van der Waals surface area contributed by atoms with Gasteiger partial charge < -0.3 is 34.9 Å². The van der Waals surface area contributed by atoms with Crippen molar-refractivity contribution in [3.63, 3.8) is 0 Å². The molecule has 3 atom stereocenters. The van der Waals surface area contributed by atoms with Crippen LogP contribution in [0.3, 0.4) is 0 Å². The number of aliphatic hydroxyl groups excluding tert-OH is 1. The van der Waals surface area contributed by atoms with Crippen LogP contribution in [0.15, 0.2) is 77.6 Å². The number of nitrogens with one attached hydrogen (secondary N) is 2. The zero-order chi connectivity index (χ0) is 32.8. The lowest BCUT2D eigenvalue weighted by molar-refractivity contribution is -0.253. The van der Waals surface area contributed by atoms with Gasteiger partial charge in [-0.3, -0.25) is 14.2 Å². The van der Waals surface area contributed by atoms with E-state index in [1.807, 2.05) is 77.4 Å². The molecule has 2 fully saturated rings. The van der Waals surface area contributed by atoms with E-state index in [4.69, 9.17) is 14.6 Å². The van der Waals surface area contributed by atoms with Crippen molar-refractivity contribution in [2.75, 3.05) is 25.0 Å². The van der Waals surface area contributed by atoms with Crippen molar-refractivity contribution in [2.45, 2.75) is 76.1 Å². The maximum atomic E-state index is 12.8. The molecule has 3 heterocycles. The molecule has 248 valence electrons. The zero-order valence-corrected chi connectivity index (χ0v) is 26.3. The molecule has 3 aromatic carbocycles. The fraction of sp³-hybridized carbons (Fsp3) is 0.417. The van der Waals surface area contributed by atoms with Crippen LogP contribution in [0.1, 0.15) is 80.1 Å². The van der Waals surface area contributed by atoms with Crippen LogP contribution < -0.4 is 11.0 Å². The number of hydrogen-bond donors (Lipinski definition) is 4. The summed E-state index contributed by atoms with van der Waals surface area (Å²) in [6.45, 7) is 2.36.